The lowest BCUT2D eigenvalue weighted by molar-refractivity contribution is -0.136. The average Bonchev–Trinajstić information content (AvgIpc) is 2.23. The van der Waals surface area contributed by atoms with E-state index in [1.165, 1.54) is 0 Å². The summed E-state index contributed by atoms with van der Waals surface area (Å²) in [7, 11) is 1.88. The molecule has 0 aliphatic rings. The molecule has 1 amide bonds. The van der Waals surface area contributed by atoms with Crippen LogP contribution in [0.1, 0.15) is 34.1 Å². The summed E-state index contributed by atoms with van der Waals surface area (Å²) in [5.74, 6) is 1.10. The summed E-state index contributed by atoms with van der Waals surface area (Å²) in [6, 6.07) is 0.270. The molecule has 4 heteroatoms. The van der Waals surface area contributed by atoms with Crippen LogP contribution in [0.15, 0.2) is 0 Å². The van der Waals surface area contributed by atoms with Crippen molar-refractivity contribution in [3.05, 3.63) is 0 Å². The molecular weight excluding hydrogens is 232 g/mol. The first-order chi connectivity index (χ1) is 7.72. The Bertz CT molecular complexity index is 238. The van der Waals surface area contributed by atoms with Gasteiger partial charge in [0.1, 0.15) is 0 Å². The van der Waals surface area contributed by atoms with Gasteiger partial charge < -0.3 is 10.6 Å². The topological polar surface area (TPSA) is 46.3 Å². The summed E-state index contributed by atoms with van der Waals surface area (Å²) in [5.41, 5.74) is 5.88. The highest BCUT2D eigenvalue weighted by atomic mass is 32.2. The van der Waals surface area contributed by atoms with Crippen molar-refractivity contribution >= 4 is 17.7 Å². The molecule has 0 spiro atoms. The molecule has 102 valence electrons. The molecular formula is C13H28N2OS. The summed E-state index contributed by atoms with van der Waals surface area (Å²) in [5, 5.41) is 0. The molecule has 2 unspecified atom stereocenters. The van der Waals surface area contributed by atoms with E-state index >= 15 is 0 Å². The van der Waals surface area contributed by atoms with Gasteiger partial charge in [0.15, 0.2) is 0 Å². The first-order valence-electron chi connectivity index (χ1n) is 6.18. The number of hydrogen-bond donors (Lipinski definition) is 1. The second kappa shape index (κ2) is 7.27. The first kappa shape index (κ1) is 16.8. The van der Waals surface area contributed by atoms with Gasteiger partial charge in [0.25, 0.3) is 0 Å². The standard InChI is InChI=1S/C13H28N2OS/c1-10(9-17-6)15(5)12(16)11(8-14)7-13(2,3)4/h10-11H,7-9,14H2,1-6H3. The monoisotopic (exact) mass is 260 g/mol. The van der Waals surface area contributed by atoms with E-state index < -0.39 is 0 Å². The Morgan fingerprint density at radius 1 is 1.41 bits per heavy atom. The van der Waals surface area contributed by atoms with Crippen LogP contribution in [-0.4, -0.2) is 42.4 Å². The maximum absolute atomic E-state index is 12.3. The lowest BCUT2D eigenvalue weighted by Crippen LogP contribution is -2.43. The second-order valence-electron chi connectivity index (χ2n) is 5.95. The van der Waals surface area contributed by atoms with E-state index in [4.69, 9.17) is 5.73 Å². The van der Waals surface area contributed by atoms with Gasteiger partial charge in [0, 0.05) is 25.4 Å². The van der Waals surface area contributed by atoms with Gasteiger partial charge in [-0.1, -0.05) is 20.8 Å². The Balaban J connectivity index is 4.53. The van der Waals surface area contributed by atoms with E-state index in [2.05, 4.69) is 34.0 Å². The largest absolute Gasteiger partial charge is 0.342 e. The zero-order valence-corrected chi connectivity index (χ0v) is 12.9. The fourth-order valence-corrected chi connectivity index (χ4v) is 2.57. The Morgan fingerprint density at radius 2 is 1.94 bits per heavy atom. The highest BCUT2D eigenvalue weighted by Crippen LogP contribution is 2.25. The molecule has 0 heterocycles. The van der Waals surface area contributed by atoms with Gasteiger partial charge in [-0.15, -0.1) is 0 Å². The van der Waals surface area contributed by atoms with E-state index in [1.807, 2.05) is 11.9 Å². The maximum atomic E-state index is 12.3. The Morgan fingerprint density at radius 3 is 2.29 bits per heavy atom. The minimum atomic E-state index is -0.0516. The number of thioether (sulfide) groups is 1. The molecule has 0 aliphatic carbocycles. The molecule has 0 saturated heterocycles. The molecule has 0 aromatic carbocycles. The Hall–Kier alpha value is -0.220. The van der Waals surface area contributed by atoms with Crippen LogP contribution in [0.4, 0.5) is 0 Å². The molecule has 2 N–H and O–H groups in total. The molecule has 0 aromatic heterocycles. The number of nitrogens with two attached hydrogens (primary N) is 1. The highest BCUT2D eigenvalue weighted by Gasteiger charge is 2.27. The highest BCUT2D eigenvalue weighted by molar-refractivity contribution is 7.98. The summed E-state index contributed by atoms with van der Waals surface area (Å²) >= 11 is 1.76. The molecule has 0 bridgehead atoms. The minimum absolute atomic E-state index is 0.0516. The van der Waals surface area contributed by atoms with E-state index in [0.717, 1.165) is 12.2 Å². The number of carbonyl (C=O) groups excluding carboxylic acids is 1. The van der Waals surface area contributed by atoms with Gasteiger partial charge in [0.05, 0.1) is 5.92 Å². The quantitative estimate of drug-likeness (QED) is 0.796. The van der Waals surface area contributed by atoms with Crippen LogP contribution in [-0.2, 0) is 4.79 Å². The van der Waals surface area contributed by atoms with Crippen molar-refractivity contribution in [2.24, 2.45) is 17.1 Å². The summed E-state index contributed by atoms with van der Waals surface area (Å²) in [6.45, 7) is 8.96. The number of amides is 1. The van der Waals surface area contributed by atoms with Crippen LogP contribution in [0, 0.1) is 11.3 Å². The maximum Gasteiger partial charge on any atom is 0.226 e. The Kier molecular flexibility index (Phi) is 7.17. The van der Waals surface area contributed by atoms with Crippen molar-refractivity contribution in [1.29, 1.82) is 0 Å². The molecule has 2 atom stereocenters. The average molecular weight is 260 g/mol. The van der Waals surface area contributed by atoms with Crippen molar-refractivity contribution in [2.75, 3.05) is 25.6 Å². The third kappa shape index (κ3) is 6.32. The van der Waals surface area contributed by atoms with Crippen LogP contribution in [0.5, 0.6) is 0 Å². The van der Waals surface area contributed by atoms with E-state index in [-0.39, 0.29) is 23.3 Å². The van der Waals surface area contributed by atoms with Gasteiger partial charge in [-0.05, 0) is 25.0 Å². The molecule has 0 radical (unpaired) electrons. The van der Waals surface area contributed by atoms with Gasteiger partial charge in [-0.3, -0.25) is 4.79 Å². The predicted molar refractivity (Wildman–Crippen MR) is 77.2 cm³/mol. The molecule has 3 nitrogen and oxygen atoms in total. The summed E-state index contributed by atoms with van der Waals surface area (Å²) < 4.78 is 0. The molecule has 0 aliphatic heterocycles. The van der Waals surface area contributed by atoms with Crippen molar-refractivity contribution in [3.63, 3.8) is 0 Å². The zero-order chi connectivity index (χ0) is 13.6. The number of hydrogen-bond acceptors (Lipinski definition) is 3. The van der Waals surface area contributed by atoms with Crippen LogP contribution >= 0.6 is 11.8 Å². The molecule has 17 heavy (non-hydrogen) atoms. The van der Waals surface area contributed by atoms with Gasteiger partial charge in [0.2, 0.25) is 5.91 Å². The van der Waals surface area contributed by atoms with Crippen LogP contribution in [0.25, 0.3) is 0 Å². The number of nitrogens with zero attached hydrogens (tertiary/aromatic N) is 1. The minimum Gasteiger partial charge on any atom is -0.342 e. The molecule has 0 rings (SSSR count). The lowest BCUT2D eigenvalue weighted by atomic mass is 9.84. The summed E-state index contributed by atoms with van der Waals surface area (Å²) in [6.07, 6.45) is 2.91. The van der Waals surface area contributed by atoms with Gasteiger partial charge in [-0.25, -0.2) is 0 Å². The van der Waals surface area contributed by atoms with Crippen molar-refractivity contribution < 1.29 is 4.79 Å². The van der Waals surface area contributed by atoms with Crippen molar-refractivity contribution in [3.8, 4) is 0 Å². The predicted octanol–water partition coefficient (Wildman–Crippen LogP) is 2.21. The summed E-state index contributed by atoms with van der Waals surface area (Å²) in [4.78, 5) is 14.2. The zero-order valence-electron chi connectivity index (χ0n) is 12.1. The smallest absolute Gasteiger partial charge is 0.226 e. The Labute approximate surface area is 111 Å². The van der Waals surface area contributed by atoms with Crippen LogP contribution in [0.3, 0.4) is 0 Å². The normalized spacial score (nSPS) is 15.5. The first-order valence-corrected chi connectivity index (χ1v) is 7.58. The third-order valence-electron chi connectivity index (χ3n) is 2.91. The lowest BCUT2D eigenvalue weighted by Gasteiger charge is -2.31. The SMILES string of the molecule is CSCC(C)N(C)C(=O)C(CN)CC(C)(C)C. The fraction of sp³-hybridized carbons (Fsp3) is 0.923. The fourth-order valence-electron chi connectivity index (χ4n) is 1.87. The van der Waals surface area contributed by atoms with Gasteiger partial charge >= 0.3 is 0 Å². The number of rotatable bonds is 6. The molecule has 0 fully saturated rings. The number of carbonyl (C=O) groups is 1. The van der Waals surface area contributed by atoms with E-state index in [0.29, 0.717) is 6.54 Å². The van der Waals surface area contributed by atoms with E-state index in [9.17, 15) is 4.79 Å². The van der Waals surface area contributed by atoms with Crippen LogP contribution < -0.4 is 5.73 Å². The van der Waals surface area contributed by atoms with Gasteiger partial charge in [-0.2, -0.15) is 11.8 Å². The van der Waals surface area contributed by atoms with Crippen molar-refractivity contribution in [1.82, 2.24) is 4.90 Å². The molecule has 0 aromatic rings. The van der Waals surface area contributed by atoms with Crippen LogP contribution in [0.2, 0.25) is 0 Å². The second-order valence-corrected chi connectivity index (χ2v) is 6.86. The molecule has 0 saturated carbocycles. The third-order valence-corrected chi connectivity index (χ3v) is 3.72. The van der Waals surface area contributed by atoms with Crippen molar-refractivity contribution in [2.45, 2.75) is 40.2 Å². The van der Waals surface area contributed by atoms with E-state index in [1.54, 1.807) is 11.8 Å².